The number of esters is 1. The monoisotopic (exact) mass is 386 g/mol. The molecule has 0 aliphatic rings. The first-order valence-electron chi connectivity index (χ1n) is 6.99. The van der Waals surface area contributed by atoms with Gasteiger partial charge in [-0.25, -0.2) is 9.78 Å². The van der Waals surface area contributed by atoms with Crippen LogP contribution in [0.3, 0.4) is 0 Å². The molecule has 0 radical (unpaired) electrons. The lowest BCUT2D eigenvalue weighted by Crippen LogP contribution is -2.32. The molecule has 1 aromatic carbocycles. The number of benzene rings is 1. The second kappa shape index (κ2) is 8.33. The number of anilines is 1. The van der Waals surface area contributed by atoms with E-state index in [0.717, 1.165) is 0 Å². The fourth-order valence-electron chi connectivity index (χ4n) is 1.85. The largest absolute Gasteiger partial charge is 0.449 e. The molecule has 126 valence electrons. The Kier molecular flexibility index (Phi) is 6.43. The number of ether oxygens (including phenoxy) is 1. The highest BCUT2D eigenvalue weighted by atomic mass is 35.5. The van der Waals surface area contributed by atoms with Gasteiger partial charge < -0.3 is 10.1 Å². The lowest BCUT2D eigenvalue weighted by atomic mass is 10.2. The predicted octanol–water partition coefficient (Wildman–Crippen LogP) is 4.62. The minimum atomic E-state index is -0.983. The van der Waals surface area contributed by atoms with E-state index in [1.54, 1.807) is 25.1 Å². The van der Waals surface area contributed by atoms with Gasteiger partial charge in [-0.05, 0) is 36.8 Å². The van der Waals surface area contributed by atoms with Gasteiger partial charge in [0, 0.05) is 11.9 Å². The first-order valence-corrected chi connectivity index (χ1v) is 8.13. The Labute approximate surface area is 153 Å². The Balaban J connectivity index is 2.07. The van der Waals surface area contributed by atoms with Crippen LogP contribution in [-0.4, -0.2) is 23.0 Å². The molecular weight excluding hydrogens is 375 g/mol. The van der Waals surface area contributed by atoms with Gasteiger partial charge in [-0.1, -0.05) is 41.7 Å². The summed E-state index contributed by atoms with van der Waals surface area (Å²) in [5, 5.41) is 3.32. The summed E-state index contributed by atoms with van der Waals surface area (Å²) in [4.78, 5) is 28.2. The Morgan fingerprint density at radius 1 is 1.21 bits per heavy atom. The Bertz CT molecular complexity index is 768. The number of halogens is 3. The van der Waals surface area contributed by atoms with Gasteiger partial charge in [0.25, 0.3) is 5.91 Å². The summed E-state index contributed by atoms with van der Waals surface area (Å²) in [7, 11) is 0. The van der Waals surface area contributed by atoms with Crippen molar-refractivity contribution in [3.05, 3.63) is 57.3 Å². The summed E-state index contributed by atoms with van der Waals surface area (Å²) in [6, 6.07) is 7.69. The average molecular weight is 388 g/mol. The van der Waals surface area contributed by atoms with Gasteiger partial charge in [0.1, 0.15) is 5.15 Å². The van der Waals surface area contributed by atoms with E-state index in [0.29, 0.717) is 15.7 Å². The van der Waals surface area contributed by atoms with E-state index in [2.05, 4.69) is 10.3 Å². The van der Waals surface area contributed by atoms with Crippen LogP contribution in [0.25, 0.3) is 0 Å². The summed E-state index contributed by atoms with van der Waals surface area (Å²) in [6.07, 6.45) is 0.757. The van der Waals surface area contributed by atoms with Gasteiger partial charge >= 0.3 is 5.97 Å². The Hall–Kier alpha value is -1.82. The lowest BCUT2D eigenvalue weighted by molar-refractivity contribution is -0.124. The zero-order valence-electron chi connectivity index (χ0n) is 12.6. The molecule has 0 fully saturated rings. The zero-order chi connectivity index (χ0) is 17.7. The number of pyridine rings is 1. The van der Waals surface area contributed by atoms with Crippen molar-refractivity contribution in [1.82, 2.24) is 4.98 Å². The van der Waals surface area contributed by atoms with Crippen LogP contribution in [-0.2, 0) is 9.53 Å². The predicted molar refractivity (Wildman–Crippen MR) is 93.8 cm³/mol. The van der Waals surface area contributed by atoms with Gasteiger partial charge in [-0.3, -0.25) is 4.79 Å². The molecule has 24 heavy (non-hydrogen) atoms. The normalized spacial score (nSPS) is 11.7. The Morgan fingerprint density at radius 3 is 2.58 bits per heavy atom. The maximum absolute atomic E-state index is 12.3. The molecule has 2 rings (SSSR count). The van der Waals surface area contributed by atoms with Crippen molar-refractivity contribution in [2.24, 2.45) is 0 Å². The smallest absolute Gasteiger partial charge is 0.342 e. The zero-order valence-corrected chi connectivity index (χ0v) is 14.8. The SMILES string of the molecule is CCC(OC(=O)c1cccnc1Cl)C(=O)Nc1ccc(Cl)c(Cl)c1. The maximum atomic E-state index is 12.3. The third kappa shape index (κ3) is 4.60. The van der Waals surface area contributed by atoms with Crippen LogP contribution in [0.15, 0.2) is 36.5 Å². The molecule has 2 aromatic rings. The molecule has 1 N–H and O–H groups in total. The van der Waals surface area contributed by atoms with E-state index in [-0.39, 0.29) is 17.1 Å². The number of amides is 1. The van der Waals surface area contributed by atoms with Crippen LogP contribution in [0, 0.1) is 0 Å². The summed E-state index contributed by atoms with van der Waals surface area (Å²) in [6.45, 7) is 1.72. The molecule has 0 aliphatic heterocycles. The van der Waals surface area contributed by atoms with Crippen molar-refractivity contribution < 1.29 is 14.3 Å². The van der Waals surface area contributed by atoms with E-state index >= 15 is 0 Å². The van der Waals surface area contributed by atoms with Crippen LogP contribution in [0.4, 0.5) is 5.69 Å². The van der Waals surface area contributed by atoms with Crippen molar-refractivity contribution in [2.45, 2.75) is 19.4 Å². The number of hydrogen-bond acceptors (Lipinski definition) is 4. The highest BCUT2D eigenvalue weighted by Gasteiger charge is 2.23. The number of aromatic nitrogens is 1. The van der Waals surface area contributed by atoms with E-state index in [1.807, 2.05) is 0 Å². The fourth-order valence-corrected chi connectivity index (χ4v) is 2.34. The third-order valence-electron chi connectivity index (χ3n) is 3.08. The molecule has 0 spiro atoms. The van der Waals surface area contributed by atoms with Crippen LogP contribution >= 0.6 is 34.8 Å². The molecule has 1 unspecified atom stereocenters. The fraction of sp³-hybridized carbons (Fsp3) is 0.188. The average Bonchev–Trinajstić information content (AvgIpc) is 2.56. The first-order chi connectivity index (χ1) is 11.4. The van der Waals surface area contributed by atoms with E-state index in [9.17, 15) is 9.59 Å². The second-order valence-electron chi connectivity index (χ2n) is 4.76. The third-order valence-corrected chi connectivity index (χ3v) is 4.12. The minimum Gasteiger partial charge on any atom is -0.449 e. The van der Waals surface area contributed by atoms with Crippen LogP contribution in [0.1, 0.15) is 23.7 Å². The number of nitrogens with one attached hydrogen (secondary N) is 1. The van der Waals surface area contributed by atoms with Crippen molar-refractivity contribution in [3.8, 4) is 0 Å². The van der Waals surface area contributed by atoms with Gasteiger partial charge in [0.15, 0.2) is 6.10 Å². The molecule has 5 nitrogen and oxygen atoms in total. The lowest BCUT2D eigenvalue weighted by Gasteiger charge is -2.16. The Morgan fingerprint density at radius 2 is 1.96 bits per heavy atom. The van der Waals surface area contributed by atoms with Crippen LogP contribution in [0.5, 0.6) is 0 Å². The maximum Gasteiger partial charge on any atom is 0.342 e. The standard InChI is InChI=1S/C16H13Cl3N2O3/c1-2-13(24-16(23)10-4-3-7-20-14(10)19)15(22)21-9-5-6-11(17)12(18)8-9/h3-8,13H,2H2,1H3,(H,21,22). The van der Waals surface area contributed by atoms with Gasteiger partial charge in [-0.2, -0.15) is 0 Å². The summed E-state index contributed by atoms with van der Waals surface area (Å²) in [5.41, 5.74) is 0.545. The van der Waals surface area contributed by atoms with E-state index in [1.165, 1.54) is 18.3 Å². The highest BCUT2D eigenvalue weighted by Crippen LogP contribution is 2.25. The minimum absolute atomic E-state index is 0.0160. The van der Waals surface area contributed by atoms with Gasteiger partial charge in [0.05, 0.1) is 15.6 Å². The van der Waals surface area contributed by atoms with Gasteiger partial charge in [-0.15, -0.1) is 0 Å². The molecule has 0 saturated carbocycles. The van der Waals surface area contributed by atoms with E-state index in [4.69, 9.17) is 39.5 Å². The highest BCUT2D eigenvalue weighted by molar-refractivity contribution is 6.42. The quantitative estimate of drug-likeness (QED) is 0.600. The molecule has 1 amide bonds. The van der Waals surface area contributed by atoms with Gasteiger partial charge in [0.2, 0.25) is 0 Å². The van der Waals surface area contributed by atoms with Crippen molar-refractivity contribution in [1.29, 1.82) is 0 Å². The molecule has 0 saturated heterocycles. The second-order valence-corrected chi connectivity index (χ2v) is 5.93. The number of rotatable bonds is 5. The summed E-state index contributed by atoms with van der Waals surface area (Å²) in [5.74, 6) is -1.20. The summed E-state index contributed by atoms with van der Waals surface area (Å²) >= 11 is 17.6. The van der Waals surface area contributed by atoms with Crippen molar-refractivity contribution in [2.75, 3.05) is 5.32 Å². The first kappa shape index (κ1) is 18.5. The van der Waals surface area contributed by atoms with Crippen molar-refractivity contribution >= 4 is 52.4 Å². The number of hydrogen-bond donors (Lipinski definition) is 1. The van der Waals surface area contributed by atoms with E-state index < -0.39 is 18.0 Å². The molecular formula is C16H13Cl3N2O3. The molecule has 1 atom stereocenters. The van der Waals surface area contributed by atoms with Crippen molar-refractivity contribution in [3.63, 3.8) is 0 Å². The number of nitrogens with zero attached hydrogens (tertiary/aromatic N) is 1. The topological polar surface area (TPSA) is 68.3 Å². The van der Waals surface area contributed by atoms with Crippen LogP contribution < -0.4 is 5.32 Å². The number of carbonyl (C=O) groups excluding carboxylic acids is 2. The van der Waals surface area contributed by atoms with Crippen LogP contribution in [0.2, 0.25) is 15.2 Å². The molecule has 0 aliphatic carbocycles. The molecule has 1 heterocycles. The summed E-state index contributed by atoms with van der Waals surface area (Å²) < 4.78 is 5.22. The number of carbonyl (C=O) groups is 2. The molecule has 0 bridgehead atoms. The molecule has 1 aromatic heterocycles. The molecule has 8 heteroatoms.